The SMILES string of the molecule is COCCN1CC[C@H](CNC(=O)CCOc2ccccc2Cl)C1. The van der Waals surface area contributed by atoms with Gasteiger partial charge in [-0.2, -0.15) is 0 Å². The second-order valence-electron chi connectivity index (χ2n) is 5.78. The molecule has 1 aromatic carbocycles. The second-order valence-corrected chi connectivity index (χ2v) is 6.19. The number of hydrogen-bond donors (Lipinski definition) is 1. The lowest BCUT2D eigenvalue weighted by atomic mass is 10.1. The van der Waals surface area contributed by atoms with Crippen LogP contribution >= 0.6 is 11.6 Å². The number of ether oxygens (including phenoxy) is 2. The maximum absolute atomic E-state index is 11.9. The first-order valence-corrected chi connectivity index (χ1v) is 8.42. The number of para-hydroxylation sites is 1. The molecular weight excluding hydrogens is 316 g/mol. The second kappa shape index (κ2) is 9.75. The molecule has 0 bridgehead atoms. The Labute approximate surface area is 142 Å². The number of carbonyl (C=O) groups excluding carboxylic acids is 1. The first kappa shape index (κ1) is 18.0. The fourth-order valence-corrected chi connectivity index (χ4v) is 2.86. The van der Waals surface area contributed by atoms with Crippen LogP contribution < -0.4 is 10.1 Å². The molecule has 1 N–H and O–H groups in total. The van der Waals surface area contributed by atoms with Crippen molar-refractivity contribution < 1.29 is 14.3 Å². The van der Waals surface area contributed by atoms with Gasteiger partial charge in [0.25, 0.3) is 0 Å². The van der Waals surface area contributed by atoms with E-state index in [-0.39, 0.29) is 5.91 Å². The molecule has 0 aromatic heterocycles. The molecule has 0 unspecified atom stereocenters. The van der Waals surface area contributed by atoms with E-state index in [0.29, 0.717) is 29.7 Å². The first-order chi connectivity index (χ1) is 11.2. The number of hydrogen-bond acceptors (Lipinski definition) is 4. The van der Waals surface area contributed by atoms with Crippen LogP contribution in [0.4, 0.5) is 0 Å². The number of benzene rings is 1. The summed E-state index contributed by atoms with van der Waals surface area (Å²) in [5.74, 6) is 1.17. The Hall–Kier alpha value is -1.30. The number of likely N-dealkylation sites (tertiary alicyclic amines) is 1. The van der Waals surface area contributed by atoms with Gasteiger partial charge < -0.3 is 19.7 Å². The molecular formula is C17H25ClN2O3. The topological polar surface area (TPSA) is 50.8 Å². The van der Waals surface area contributed by atoms with E-state index in [4.69, 9.17) is 21.1 Å². The summed E-state index contributed by atoms with van der Waals surface area (Å²) in [6.07, 6.45) is 1.46. The van der Waals surface area contributed by atoms with E-state index in [1.807, 2.05) is 12.1 Å². The standard InChI is InChI=1S/C17H25ClN2O3/c1-22-11-9-20-8-6-14(13-20)12-19-17(21)7-10-23-16-5-3-2-4-15(16)18/h2-5,14H,6-13H2,1H3,(H,19,21)/t14-/m1/s1. The van der Waals surface area contributed by atoms with Gasteiger partial charge in [0.05, 0.1) is 24.7 Å². The summed E-state index contributed by atoms with van der Waals surface area (Å²) >= 11 is 6.00. The Morgan fingerprint density at radius 1 is 1.39 bits per heavy atom. The molecule has 128 valence electrons. The third kappa shape index (κ3) is 6.37. The average molecular weight is 341 g/mol. The highest BCUT2D eigenvalue weighted by Crippen LogP contribution is 2.23. The normalized spacial score (nSPS) is 18.1. The van der Waals surface area contributed by atoms with Crippen molar-refractivity contribution in [2.45, 2.75) is 12.8 Å². The van der Waals surface area contributed by atoms with E-state index in [1.54, 1.807) is 19.2 Å². The van der Waals surface area contributed by atoms with Crippen molar-refractivity contribution in [1.29, 1.82) is 0 Å². The van der Waals surface area contributed by atoms with Gasteiger partial charge in [0.2, 0.25) is 5.91 Å². The van der Waals surface area contributed by atoms with Gasteiger partial charge in [-0.1, -0.05) is 23.7 Å². The molecule has 1 atom stereocenters. The zero-order valence-electron chi connectivity index (χ0n) is 13.6. The Morgan fingerprint density at radius 2 is 2.22 bits per heavy atom. The maximum atomic E-state index is 11.9. The highest BCUT2D eigenvalue weighted by Gasteiger charge is 2.22. The number of rotatable bonds is 9. The molecule has 0 radical (unpaired) electrons. The molecule has 0 aliphatic carbocycles. The number of halogens is 1. The highest BCUT2D eigenvalue weighted by molar-refractivity contribution is 6.32. The monoisotopic (exact) mass is 340 g/mol. The Morgan fingerprint density at radius 3 is 3.00 bits per heavy atom. The van der Waals surface area contributed by atoms with Gasteiger partial charge in [-0.25, -0.2) is 0 Å². The van der Waals surface area contributed by atoms with Gasteiger partial charge >= 0.3 is 0 Å². The third-order valence-corrected chi connectivity index (χ3v) is 4.31. The average Bonchev–Trinajstić information content (AvgIpc) is 3.01. The van der Waals surface area contributed by atoms with Crippen LogP contribution in [0.25, 0.3) is 0 Å². The van der Waals surface area contributed by atoms with E-state index in [0.717, 1.165) is 39.2 Å². The van der Waals surface area contributed by atoms with Crippen LogP contribution in [-0.4, -0.2) is 57.3 Å². The summed E-state index contributed by atoms with van der Waals surface area (Å²) in [7, 11) is 1.72. The molecule has 1 aromatic rings. The van der Waals surface area contributed by atoms with Crippen molar-refractivity contribution in [1.82, 2.24) is 10.2 Å². The van der Waals surface area contributed by atoms with E-state index in [9.17, 15) is 4.79 Å². The summed E-state index contributed by atoms with van der Waals surface area (Å²) in [4.78, 5) is 14.2. The van der Waals surface area contributed by atoms with Crippen molar-refractivity contribution in [3.8, 4) is 5.75 Å². The van der Waals surface area contributed by atoms with E-state index < -0.39 is 0 Å². The van der Waals surface area contributed by atoms with Crippen LogP contribution in [-0.2, 0) is 9.53 Å². The number of amides is 1. The Kier molecular flexibility index (Phi) is 7.65. The molecule has 1 heterocycles. The van der Waals surface area contributed by atoms with Gasteiger partial charge in [-0.3, -0.25) is 4.79 Å². The van der Waals surface area contributed by atoms with Crippen LogP contribution in [0.5, 0.6) is 5.75 Å². The number of nitrogens with one attached hydrogen (secondary N) is 1. The highest BCUT2D eigenvalue weighted by atomic mass is 35.5. The van der Waals surface area contributed by atoms with Gasteiger partial charge in [0, 0.05) is 26.7 Å². The van der Waals surface area contributed by atoms with Crippen LogP contribution in [0.1, 0.15) is 12.8 Å². The number of carbonyl (C=O) groups is 1. The molecule has 1 aliphatic heterocycles. The fraction of sp³-hybridized carbons (Fsp3) is 0.588. The fourth-order valence-electron chi connectivity index (χ4n) is 2.66. The zero-order chi connectivity index (χ0) is 16.5. The van der Waals surface area contributed by atoms with Gasteiger partial charge in [0.1, 0.15) is 5.75 Å². The molecule has 0 saturated carbocycles. The van der Waals surface area contributed by atoms with Crippen LogP contribution in [0.3, 0.4) is 0 Å². The minimum absolute atomic E-state index is 0.0207. The van der Waals surface area contributed by atoms with Crippen molar-refractivity contribution >= 4 is 17.5 Å². The summed E-state index contributed by atoms with van der Waals surface area (Å²) < 4.78 is 10.6. The molecule has 1 amide bonds. The van der Waals surface area contributed by atoms with Crippen molar-refractivity contribution in [2.75, 3.05) is 46.5 Å². The molecule has 6 heteroatoms. The van der Waals surface area contributed by atoms with E-state index in [1.165, 1.54) is 0 Å². The zero-order valence-corrected chi connectivity index (χ0v) is 14.3. The number of methoxy groups -OCH3 is 1. The summed E-state index contributed by atoms with van der Waals surface area (Å²) in [5, 5.41) is 3.56. The molecule has 0 spiro atoms. The predicted octanol–water partition coefficient (Wildman–Crippen LogP) is 2.19. The summed E-state index contributed by atoms with van der Waals surface area (Å²) in [5.41, 5.74) is 0. The van der Waals surface area contributed by atoms with Crippen LogP contribution in [0.2, 0.25) is 5.02 Å². The van der Waals surface area contributed by atoms with Gasteiger partial charge in [0.15, 0.2) is 0 Å². The minimum atomic E-state index is 0.0207. The largest absolute Gasteiger partial charge is 0.491 e. The maximum Gasteiger partial charge on any atom is 0.223 e. The minimum Gasteiger partial charge on any atom is -0.491 e. The van der Waals surface area contributed by atoms with E-state index >= 15 is 0 Å². The molecule has 1 aliphatic rings. The number of nitrogens with zero attached hydrogens (tertiary/aromatic N) is 1. The van der Waals surface area contributed by atoms with Crippen molar-refractivity contribution in [2.24, 2.45) is 5.92 Å². The lowest BCUT2D eigenvalue weighted by Crippen LogP contribution is -2.32. The smallest absolute Gasteiger partial charge is 0.223 e. The molecule has 23 heavy (non-hydrogen) atoms. The lowest BCUT2D eigenvalue weighted by molar-refractivity contribution is -0.121. The van der Waals surface area contributed by atoms with E-state index in [2.05, 4.69) is 10.2 Å². The quantitative estimate of drug-likeness (QED) is 0.748. The van der Waals surface area contributed by atoms with Crippen molar-refractivity contribution in [3.05, 3.63) is 29.3 Å². The van der Waals surface area contributed by atoms with Crippen molar-refractivity contribution in [3.63, 3.8) is 0 Å². The molecule has 2 rings (SSSR count). The Bertz CT molecular complexity index is 498. The van der Waals surface area contributed by atoms with Gasteiger partial charge in [-0.15, -0.1) is 0 Å². The molecule has 1 saturated heterocycles. The van der Waals surface area contributed by atoms with Gasteiger partial charge in [-0.05, 0) is 31.0 Å². The predicted molar refractivity (Wildman–Crippen MR) is 91.0 cm³/mol. The lowest BCUT2D eigenvalue weighted by Gasteiger charge is -2.15. The van der Waals surface area contributed by atoms with Crippen LogP contribution in [0.15, 0.2) is 24.3 Å². The Balaban J connectivity index is 1.58. The third-order valence-electron chi connectivity index (χ3n) is 3.99. The first-order valence-electron chi connectivity index (χ1n) is 8.04. The molecule has 5 nitrogen and oxygen atoms in total. The van der Waals surface area contributed by atoms with Crippen LogP contribution in [0, 0.1) is 5.92 Å². The molecule has 1 fully saturated rings. The summed E-state index contributed by atoms with van der Waals surface area (Å²) in [6.45, 7) is 4.90. The summed E-state index contributed by atoms with van der Waals surface area (Å²) in [6, 6.07) is 7.27.